The molecule has 1 aromatic rings. The van der Waals surface area contributed by atoms with Crippen LogP contribution in [0.15, 0.2) is 16.6 Å². The van der Waals surface area contributed by atoms with Gasteiger partial charge in [0.05, 0.1) is 11.5 Å². The van der Waals surface area contributed by atoms with E-state index < -0.39 is 4.92 Å². The molecule has 0 spiro atoms. The summed E-state index contributed by atoms with van der Waals surface area (Å²) in [5.74, 6) is 0.218. The molecule has 86 valence electrons. The molecule has 0 saturated heterocycles. The van der Waals surface area contributed by atoms with E-state index in [9.17, 15) is 14.9 Å². The second-order valence-corrected chi connectivity index (χ2v) is 4.05. The Bertz CT molecular complexity index is 420. The minimum Gasteiger partial charge on any atom is -0.486 e. The summed E-state index contributed by atoms with van der Waals surface area (Å²) in [5, 5.41) is 10.8. The van der Waals surface area contributed by atoms with E-state index in [4.69, 9.17) is 4.74 Å². The number of hydrogen-bond donors (Lipinski definition) is 0. The third kappa shape index (κ3) is 3.03. The van der Waals surface area contributed by atoms with Crippen LogP contribution in [0.3, 0.4) is 0 Å². The molecule has 0 N–H and O–H groups in total. The molecule has 1 rings (SSSR count). The van der Waals surface area contributed by atoms with Crippen LogP contribution < -0.4 is 4.74 Å². The number of aldehydes is 1. The first kappa shape index (κ1) is 12.6. The van der Waals surface area contributed by atoms with Crippen molar-refractivity contribution < 1.29 is 14.5 Å². The van der Waals surface area contributed by atoms with Crippen molar-refractivity contribution in [2.45, 2.75) is 13.3 Å². The third-order valence-electron chi connectivity index (χ3n) is 1.90. The van der Waals surface area contributed by atoms with Crippen LogP contribution in [0.5, 0.6) is 5.75 Å². The molecule has 0 fully saturated rings. The number of aryl methyl sites for hydroxylation is 1. The van der Waals surface area contributed by atoms with Gasteiger partial charge in [0.1, 0.15) is 6.29 Å². The maximum absolute atomic E-state index is 10.8. The number of ether oxygens (including phenoxy) is 1. The van der Waals surface area contributed by atoms with Crippen LogP contribution in [0.1, 0.15) is 12.0 Å². The highest BCUT2D eigenvalue weighted by molar-refractivity contribution is 9.10. The Kier molecular flexibility index (Phi) is 4.42. The molecule has 0 unspecified atom stereocenters. The summed E-state index contributed by atoms with van der Waals surface area (Å²) in [5.41, 5.74) is 0.560. The van der Waals surface area contributed by atoms with Gasteiger partial charge in [0.2, 0.25) is 0 Å². The largest absolute Gasteiger partial charge is 0.486 e. The first-order valence-corrected chi connectivity index (χ1v) is 5.36. The molecule has 16 heavy (non-hydrogen) atoms. The molecule has 0 amide bonds. The average Bonchev–Trinajstić information content (AvgIpc) is 2.20. The standard InChI is InChI=1S/C10H10BrNO4/c1-7-5-8(11)6-9(12(14)15)10(7)16-4-2-3-13/h3,5-6H,2,4H2,1H3. The normalized spacial score (nSPS) is 9.88. The lowest BCUT2D eigenvalue weighted by atomic mass is 10.2. The SMILES string of the molecule is Cc1cc(Br)cc([N+](=O)[O-])c1OCCC=O. The molecule has 6 heteroatoms. The van der Waals surface area contributed by atoms with Crippen molar-refractivity contribution in [3.8, 4) is 5.75 Å². The zero-order valence-corrected chi connectivity index (χ0v) is 10.2. The number of rotatable bonds is 5. The number of carbonyl (C=O) groups excluding carboxylic acids is 1. The Morgan fingerprint density at radius 2 is 2.25 bits per heavy atom. The van der Waals surface area contributed by atoms with Crippen LogP contribution in [-0.2, 0) is 4.79 Å². The predicted octanol–water partition coefficient (Wildman–Crippen LogP) is 2.63. The number of nitro groups is 1. The van der Waals surface area contributed by atoms with E-state index in [1.165, 1.54) is 6.07 Å². The second kappa shape index (κ2) is 5.60. The molecule has 0 aliphatic rings. The Labute approximate surface area is 101 Å². The molecule has 1 aromatic carbocycles. The minimum absolute atomic E-state index is 0.0993. The summed E-state index contributed by atoms with van der Waals surface area (Å²) in [6.07, 6.45) is 0.923. The van der Waals surface area contributed by atoms with Crippen LogP contribution in [0.25, 0.3) is 0 Å². The zero-order valence-electron chi connectivity index (χ0n) is 8.60. The van der Waals surface area contributed by atoms with Crippen molar-refractivity contribution in [2.24, 2.45) is 0 Å². The van der Waals surface area contributed by atoms with Gasteiger partial charge in [-0.15, -0.1) is 0 Å². The van der Waals surface area contributed by atoms with Crippen LogP contribution >= 0.6 is 15.9 Å². The Morgan fingerprint density at radius 1 is 1.56 bits per heavy atom. The molecule has 0 aromatic heterocycles. The number of nitro benzene ring substituents is 1. The molecule has 0 aliphatic carbocycles. The number of hydrogen-bond acceptors (Lipinski definition) is 4. The number of halogens is 1. The lowest BCUT2D eigenvalue weighted by Gasteiger charge is -2.08. The molecule has 0 bridgehead atoms. The highest BCUT2D eigenvalue weighted by Crippen LogP contribution is 2.34. The Hall–Kier alpha value is -1.43. The van der Waals surface area contributed by atoms with E-state index in [-0.39, 0.29) is 24.5 Å². The molecule has 0 atom stereocenters. The maximum Gasteiger partial charge on any atom is 0.312 e. The smallest absolute Gasteiger partial charge is 0.312 e. The lowest BCUT2D eigenvalue weighted by Crippen LogP contribution is -2.02. The van der Waals surface area contributed by atoms with Gasteiger partial charge in [0.25, 0.3) is 0 Å². The fraction of sp³-hybridized carbons (Fsp3) is 0.300. The second-order valence-electron chi connectivity index (χ2n) is 3.13. The fourth-order valence-corrected chi connectivity index (χ4v) is 1.80. The van der Waals surface area contributed by atoms with Crippen molar-refractivity contribution in [2.75, 3.05) is 6.61 Å². The van der Waals surface area contributed by atoms with E-state index >= 15 is 0 Å². The van der Waals surface area contributed by atoms with Gasteiger partial charge in [0.15, 0.2) is 5.75 Å². The monoisotopic (exact) mass is 287 g/mol. The molecule has 0 saturated carbocycles. The van der Waals surface area contributed by atoms with Gasteiger partial charge in [-0.1, -0.05) is 15.9 Å². The van der Waals surface area contributed by atoms with Gasteiger partial charge in [0, 0.05) is 17.0 Å². The quantitative estimate of drug-likeness (QED) is 0.361. The minimum atomic E-state index is -0.506. The summed E-state index contributed by atoms with van der Waals surface area (Å²) >= 11 is 3.18. The molecule has 0 aliphatic heterocycles. The number of benzene rings is 1. The molecular weight excluding hydrogens is 278 g/mol. The Morgan fingerprint density at radius 3 is 2.81 bits per heavy atom. The molecule has 0 heterocycles. The van der Waals surface area contributed by atoms with Gasteiger partial charge in [-0.2, -0.15) is 0 Å². The van der Waals surface area contributed by atoms with Gasteiger partial charge in [-0.3, -0.25) is 10.1 Å². The summed E-state index contributed by atoms with van der Waals surface area (Å²) < 4.78 is 5.86. The van der Waals surface area contributed by atoms with Crippen LogP contribution in [-0.4, -0.2) is 17.8 Å². The first-order chi connectivity index (χ1) is 7.56. The van der Waals surface area contributed by atoms with E-state index in [1.54, 1.807) is 13.0 Å². The van der Waals surface area contributed by atoms with Crippen molar-refractivity contribution in [3.05, 3.63) is 32.3 Å². The van der Waals surface area contributed by atoms with Crippen molar-refractivity contribution in [1.82, 2.24) is 0 Å². The van der Waals surface area contributed by atoms with E-state index in [2.05, 4.69) is 15.9 Å². The summed E-state index contributed by atoms with van der Waals surface area (Å²) in [6.45, 7) is 1.86. The summed E-state index contributed by atoms with van der Waals surface area (Å²) in [6, 6.07) is 3.10. The van der Waals surface area contributed by atoms with Crippen LogP contribution in [0.4, 0.5) is 5.69 Å². The molecule has 0 radical (unpaired) electrons. The fourth-order valence-electron chi connectivity index (χ4n) is 1.24. The van der Waals surface area contributed by atoms with Gasteiger partial charge < -0.3 is 9.53 Å². The Balaban J connectivity index is 3.04. The highest BCUT2D eigenvalue weighted by Gasteiger charge is 2.18. The lowest BCUT2D eigenvalue weighted by molar-refractivity contribution is -0.386. The van der Waals surface area contributed by atoms with Gasteiger partial charge in [-0.05, 0) is 18.6 Å². The van der Waals surface area contributed by atoms with E-state index in [0.29, 0.717) is 16.3 Å². The van der Waals surface area contributed by atoms with Crippen LogP contribution in [0.2, 0.25) is 0 Å². The van der Waals surface area contributed by atoms with Crippen molar-refractivity contribution in [1.29, 1.82) is 0 Å². The van der Waals surface area contributed by atoms with E-state index in [1.807, 2.05) is 0 Å². The maximum atomic E-state index is 10.8. The van der Waals surface area contributed by atoms with Crippen molar-refractivity contribution in [3.63, 3.8) is 0 Å². The van der Waals surface area contributed by atoms with Crippen molar-refractivity contribution >= 4 is 27.9 Å². The van der Waals surface area contributed by atoms with Gasteiger partial charge >= 0.3 is 5.69 Å². The molecule has 5 nitrogen and oxygen atoms in total. The topological polar surface area (TPSA) is 69.4 Å². The third-order valence-corrected chi connectivity index (χ3v) is 2.36. The van der Waals surface area contributed by atoms with Gasteiger partial charge in [-0.25, -0.2) is 0 Å². The highest BCUT2D eigenvalue weighted by atomic mass is 79.9. The zero-order chi connectivity index (χ0) is 12.1. The summed E-state index contributed by atoms with van der Waals surface area (Å²) in [7, 11) is 0. The number of nitrogens with zero attached hydrogens (tertiary/aromatic N) is 1. The van der Waals surface area contributed by atoms with E-state index in [0.717, 1.165) is 0 Å². The average molecular weight is 288 g/mol. The van der Waals surface area contributed by atoms with Crippen LogP contribution in [0, 0.1) is 17.0 Å². The summed E-state index contributed by atoms with van der Waals surface area (Å²) in [4.78, 5) is 20.4. The first-order valence-electron chi connectivity index (χ1n) is 4.57. The number of carbonyl (C=O) groups is 1. The molecular formula is C10H10BrNO4. The predicted molar refractivity (Wildman–Crippen MR) is 61.7 cm³/mol.